The molecule has 0 radical (unpaired) electrons. The second-order valence-corrected chi connectivity index (χ2v) is 9.70. The molecule has 2 heterocycles. The summed E-state index contributed by atoms with van der Waals surface area (Å²) in [5.41, 5.74) is 1.82. The fraction of sp³-hybridized carbons (Fsp3) is 0.480. The number of rotatable bonds is 12. The summed E-state index contributed by atoms with van der Waals surface area (Å²) in [6.45, 7) is 7.35. The number of methoxy groups -OCH3 is 1. The first-order valence-corrected chi connectivity index (χ1v) is 13.3. The molecule has 0 unspecified atom stereocenters. The highest BCUT2D eigenvalue weighted by Crippen LogP contribution is 2.36. The SMILES string of the molecule is CCCCCCCCOc1ccc(/C=C2\S/C(=N/c3nc(C)cs3)N(CC)C2=O)cc1OC. The number of benzene rings is 1. The number of nitrogens with zero attached hydrogens (tertiary/aromatic N) is 3. The van der Waals surface area contributed by atoms with Crippen LogP contribution in [0.15, 0.2) is 33.5 Å². The van der Waals surface area contributed by atoms with E-state index in [1.807, 2.05) is 43.5 Å². The van der Waals surface area contributed by atoms with Gasteiger partial charge in [0.15, 0.2) is 16.7 Å². The molecule has 1 aliphatic heterocycles. The Kier molecular flexibility index (Phi) is 9.81. The van der Waals surface area contributed by atoms with Crippen LogP contribution in [0.1, 0.15) is 63.6 Å². The zero-order valence-corrected chi connectivity index (χ0v) is 21.6. The van der Waals surface area contributed by atoms with E-state index in [4.69, 9.17) is 9.47 Å². The van der Waals surface area contributed by atoms with Gasteiger partial charge in [-0.25, -0.2) is 4.98 Å². The molecule has 3 rings (SSSR count). The van der Waals surface area contributed by atoms with Gasteiger partial charge in [-0.2, -0.15) is 4.99 Å². The van der Waals surface area contributed by atoms with Gasteiger partial charge < -0.3 is 9.47 Å². The molecular formula is C25H33N3O3S2. The third kappa shape index (κ3) is 7.08. The Morgan fingerprint density at radius 1 is 1.12 bits per heavy atom. The molecule has 0 aliphatic carbocycles. The smallest absolute Gasteiger partial charge is 0.266 e. The molecule has 1 saturated heterocycles. The van der Waals surface area contributed by atoms with Crippen molar-refractivity contribution in [1.82, 2.24) is 9.88 Å². The number of likely N-dealkylation sites (N-methyl/N-ethyl adjacent to an activating group) is 1. The van der Waals surface area contributed by atoms with Crippen molar-refractivity contribution in [3.05, 3.63) is 39.7 Å². The van der Waals surface area contributed by atoms with Crippen molar-refractivity contribution in [1.29, 1.82) is 0 Å². The maximum Gasteiger partial charge on any atom is 0.266 e. The number of amidine groups is 1. The number of aromatic nitrogens is 1. The van der Waals surface area contributed by atoms with Crippen molar-refractivity contribution >= 4 is 45.4 Å². The summed E-state index contributed by atoms with van der Waals surface area (Å²) in [6.07, 6.45) is 9.23. The minimum Gasteiger partial charge on any atom is -0.493 e. The zero-order valence-electron chi connectivity index (χ0n) is 19.9. The van der Waals surface area contributed by atoms with E-state index in [1.165, 1.54) is 55.2 Å². The Morgan fingerprint density at radius 3 is 2.61 bits per heavy atom. The van der Waals surface area contributed by atoms with Gasteiger partial charge in [-0.3, -0.25) is 9.69 Å². The number of thiazole rings is 1. The largest absolute Gasteiger partial charge is 0.493 e. The predicted molar refractivity (Wildman–Crippen MR) is 139 cm³/mol. The van der Waals surface area contributed by atoms with Crippen molar-refractivity contribution < 1.29 is 14.3 Å². The second-order valence-electron chi connectivity index (χ2n) is 7.85. The first-order valence-electron chi connectivity index (χ1n) is 11.6. The van der Waals surface area contributed by atoms with E-state index in [9.17, 15) is 4.79 Å². The summed E-state index contributed by atoms with van der Waals surface area (Å²) in [7, 11) is 1.64. The summed E-state index contributed by atoms with van der Waals surface area (Å²) >= 11 is 2.85. The van der Waals surface area contributed by atoms with Crippen LogP contribution in [0.5, 0.6) is 11.5 Å². The van der Waals surface area contributed by atoms with E-state index in [0.29, 0.717) is 34.1 Å². The van der Waals surface area contributed by atoms with Gasteiger partial charge in [-0.1, -0.05) is 45.1 Å². The summed E-state index contributed by atoms with van der Waals surface area (Å²) in [6, 6.07) is 5.78. The van der Waals surface area contributed by atoms with Gasteiger partial charge in [0.1, 0.15) is 0 Å². The van der Waals surface area contributed by atoms with Crippen molar-refractivity contribution in [3.8, 4) is 11.5 Å². The number of aryl methyl sites for hydroxylation is 1. The average Bonchev–Trinajstić information content (AvgIpc) is 3.35. The van der Waals surface area contributed by atoms with Gasteiger partial charge in [0, 0.05) is 11.9 Å². The van der Waals surface area contributed by atoms with Crippen LogP contribution in [0.2, 0.25) is 0 Å². The molecule has 1 aromatic heterocycles. The molecule has 178 valence electrons. The van der Waals surface area contributed by atoms with Crippen LogP contribution < -0.4 is 9.47 Å². The van der Waals surface area contributed by atoms with E-state index < -0.39 is 0 Å². The third-order valence-electron chi connectivity index (χ3n) is 5.24. The van der Waals surface area contributed by atoms with Crippen molar-refractivity contribution in [2.45, 2.75) is 59.3 Å². The second kappa shape index (κ2) is 12.8. The van der Waals surface area contributed by atoms with Crippen molar-refractivity contribution in [2.75, 3.05) is 20.3 Å². The minimum atomic E-state index is -0.0445. The molecule has 8 heteroatoms. The van der Waals surface area contributed by atoms with Gasteiger partial charge in [0.2, 0.25) is 5.13 Å². The highest BCUT2D eigenvalue weighted by Gasteiger charge is 2.32. The van der Waals surface area contributed by atoms with Crippen LogP contribution in [-0.2, 0) is 4.79 Å². The highest BCUT2D eigenvalue weighted by molar-refractivity contribution is 8.18. The lowest BCUT2D eigenvalue weighted by molar-refractivity contribution is -0.122. The van der Waals surface area contributed by atoms with E-state index in [-0.39, 0.29) is 5.91 Å². The first-order chi connectivity index (χ1) is 16.0. The predicted octanol–water partition coefficient (Wildman–Crippen LogP) is 6.82. The van der Waals surface area contributed by atoms with Crippen molar-refractivity contribution in [2.24, 2.45) is 4.99 Å². The van der Waals surface area contributed by atoms with Gasteiger partial charge in [-0.05, 0) is 55.8 Å². The number of carbonyl (C=O) groups is 1. The summed E-state index contributed by atoms with van der Waals surface area (Å²) < 4.78 is 11.5. The molecule has 1 fully saturated rings. The maximum atomic E-state index is 12.9. The van der Waals surface area contributed by atoms with Crippen LogP contribution >= 0.6 is 23.1 Å². The Morgan fingerprint density at radius 2 is 1.91 bits per heavy atom. The molecule has 2 aromatic rings. The molecule has 0 spiro atoms. The van der Waals surface area contributed by atoms with Gasteiger partial charge >= 0.3 is 0 Å². The normalized spacial score (nSPS) is 16.2. The number of hydrogen-bond acceptors (Lipinski definition) is 7. The maximum absolute atomic E-state index is 12.9. The topological polar surface area (TPSA) is 64.0 Å². The molecule has 0 saturated carbocycles. The van der Waals surface area contributed by atoms with Crippen LogP contribution in [0.4, 0.5) is 5.13 Å². The number of ether oxygens (including phenoxy) is 2. The standard InChI is InChI=1S/C25H33N3O3S2/c1-5-7-8-9-10-11-14-31-20-13-12-19(15-21(20)30-4)16-22-23(29)28(6-2)25(33-22)27-24-26-18(3)17-32-24/h12-13,15-17H,5-11,14H2,1-4H3/b22-16-,27-25+. The number of amides is 1. The average molecular weight is 488 g/mol. The quantitative estimate of drug-likeness (QED) is 0.243. The first kappa shape index (κ1) is 25.3. The van der Waals surface area contributed by atoms with Crippen LogP contribution in [0, 0.1) is 6.92 Å². The number of aliphatic imine (C=N–C) groups is 1. The molecule has 1 aromatic carbocycles. The minimum absolute atomic E-state index is 0.0445. The lowest BCUT2D eigenvalue weighted by Gasteiger charge is -2.12. The highest BCUT2D eigenvalue weighted by atomic mass is 32.2. The zero-order chi connectivity index (χ0) is 23.6. The molecule has 0 atom stereocenters. The number of carbonyl (C=O) groups excluding carboxylic acids is 1. The Balaban J connectivity index is 1.67. The lowest BCUT2D eigenvalue weighted by Crippen LogP contribution is -2.28. The molecule has 1 aliphatic rings. The molecule has 0 N–H and O–H groups in total. The molecule has 6 nitrogen and oxygen atoms in total. The van der Waals surface area contributed by atoms with Gasteiger partial charge in [0.05, 0.1) is 24.3 Å². The molecule has 0 bridgehead atoms. The summed E-state index contributed by atoms with van der Waals surface area (Å²) in [4.78, 5) is 24.2. The Hall–Kier alpha value is -2.32. The monoisotopic (exact) mass is 487 g/mol. The third-order valence-corrected chi connectivity index (χ3v) is 7.10. The van der Waals surface area contributed by atoms with Crippen molar-refractivity contribution in [3.63, 3.8) is 0 Å². The number of hydrogen-bond donors (Lipinski definition) is 0. The van der Waals surface area contributed by atoms with Crippen LogP contribution in [0.25, 0.3) is 6.08 Å². The number of unbranched alkanes of at least 4 members (excludes halogenated alkanes) is 5. The van der Waals surface area contributed by atoms with E-state index in [1.54, 1.807) is 12.0 Å². The summed E-state index contributed by atoms with van der Waals surface area (Å²) in [5.74, 6) is 1.36. The fourth-order valence-corrected chi connectivity index (χ4v) is 5.22. The Bertz CT molecular complexity index is 1000. The van der Waals surface area contributed by atoms with E-state index in [2.05, 4.69) is 16.9 Å². The van der Waals surface area contributed by atoms with Crippen LogP contribution in [0.3, 0.4) is 0 Å². The Labute approximate surface area is 205 Å². The van der Waals surface area contributed by atoms with Gasteiger partial charge in [-0.15, -0.1) is 11.3 Å². The van der Waals surface area contributed by atoms with Gasteiger partial charge in [0.25, 0.3) is 5.91 Å². The molecular weight excluding hydrogens is 454 g/mol. The molecule has 1 amide bonds. The van der Waals surface area contributed by atoms with Crippen LogP contribution in [-0.4, -0.2) is 41.2 Å². The summed E-state index contributed by atoms with van der Waals surface area (Å²) in [5, 5.41) is 3.28. The van der Waals surface area contributed by atoms with E-state index in [0.717, 1.165) is 23.4 Å². The lowest BCUT2D eigenvalue weighted by atomic mass is 10.1. The molecule has 33 heavy (non-hydrogen) atoms. The fourth-order valence-electron chi connectivity index (χ4n) is 3.45. The number of thioether (sulfide) groups is 1. The van der Waals surface area contributed by atoms with E-state index >= 15 is 0 Å².